The number of rotatable bonds is 9. The summed E-state index contributed by atoms with van der Waals surface area (Å²) in [6.45, 7) is 5.34. The molecular weight excluding hydrogens is 371 g/mol. The summed E-state index contributed by atoms with van der Waals surface area (Å²) in [4.78, 5) is 2.50. The van der Waals surface area contributed by atoms with Crippen LogP contribution in [0.4, 0.5) is 13.2 Å². The van der Waals surface area contributed by atoms with Crippen LogP contribution in [0.3, 0.4) is 0 Å². The summed E-state index contributed by atoms with van der Waals surface area (Å²) in [6, 6.07) is 18.9. The average molecular weight is 404 g/mol. The monoisotopic (exact) mass is 403 g/mol. The summed E-state index contributed by atoms with van der Waals surface area (Å²) >= 11 is 0. The fourth-order valence-corrected chi connectivity index (χ4v) is 4.47. The zero-order chi connectivity index (χ0) is 20.7. The molecule has 2 aromatic carbocycles. The Kier molecular flexibility index (Phi) is 7.77. The van der Waals surface area contributed by atoms with Gasteiger partial charge in [0, 0.05) is 6.54 Å². The molecule has 1 aliphatic carbocycles. The summed E-state index contributed by atoms with van der Waals surface area (Å²) in [5.74, 6) is -1.07. The van der Waals surface area contributed by atoms with Gasteiger partial charge in [-0.3, -0.25) is 4.90 Å². The molecule has 1 nitrogen and oxygen atoms in total. The van der Waals surface area contributed by atoms with Crippen LogP contribution in [0.15, 0.2) is 54.6 Å². The summed E-state index contributed by atoms with van der Waals surface area (Å²) in [6.07, 6.45) is 0.353. The zero-order valence-electron chi connectivity index (χ0n) is 17.3. The number of hydrogen-bond donors (Lipinski definition) is 0. The van der Waals surface area contributed by atoms with Crippen LogP contribution in [0, 0.1) is 5.92 Å². The van der Waals surface area contributed by atoms with E-state index < -0.39 is 12.1 Å². The number of alkyl halides is 3. The quantitative estimate of drug-likeness (QED) is 0.437. The standard InChI is InChI=1S/C25H32F3N/c1-2-16-29(19-21-7-4-3-5-8-21)17-6-9-20-10-12-22(13-11-20)23-14-15-24(18-23)25(26,27)28/h3-5,7-8,10-13,23-24H,2,6,9,14-19H2,1H3. The second-order valence-corrected chi connectivity index (χ2v) is 8.36. The van der Waals surface area contributed by atoms with E-state index in [1.165, 1.54) is 11.1 Å². The molecule has 1 fully saturated rings. The van der Waals surface area contributed by atoms with E-state index in [9.17, 15) is 13.2 Å². The first-order chi connectivity index (χ1) is 14.0. The topological polar surface area (TPSA) is 3.24 Å². The minimum absolute atomic E-state index is 0.0570. The third-order valence-corrected chi connectivity index (χ3v) is 6.08. The van der Waals surface area contributed by atoms with E-state index in [1.807, 2.05) is 18.2 Å². The van der Waals surface area contributed by atoms with E-state index in [0.29, 0.717) is 6.42 Å². The van der Waals surface area contributed by atoms with Gasteiger partial charge in [0.15, 0.2) is 0 Å². The first kappa shape index (κ1) is 21.9. The molecule has 0 N–H and O–H groups in total. The van der Waals surface area contributed by atoms with Gasteiger partial charge in [0.2, 0.25) is 0 Å². The number of benzene rings is 2. The molecule has 0 aliphatic heterocycles. The average Bonchev–Trinajstić information content (AvgIpc) is 3.20. The summed E-state index contributed by atoms with van der Waals surface area (Å²) in [5, 5.41) is 0. The van der Waals surface area contributed by atoms with Crippen molar-refractivity contribution in [1.82, 2.24) is 4.90 Å². The van der Waals surface area contributed by atoms with E-state index in [1.54, 1.807) is 0 Å². The van der Waals surface area contributed by atoms with Crippen LogP contribution in [-0.4, -0.2) is 24.2 Å². The SMILES string of the molecule is CCCN(CCCc1ccc(C2CCC(C(F)(F)F)C2)cc1)Cc1ccccc1. The lowest BCUT2D eigenvalue weighted by Crippen LogP contribution is -2.25. The van der Waals surface area contributed by atoms with E-state index in [4.69, 9.17) is 0 Å². The lowest BCUT2D eigenvalue weighted by Gasteiger charge is -2.22. The molecule has 3 rings (SSSR count). The maximum absolute atomic E-state index is 12.9. The molecular formula is C25H32F3N. The Morgan fingerprint density at radius 2 is 1.62 bits per heavy atom. The molecule has 0 saturated heterocycles. The van der Waals surface area contributed by atoms with Crippen molar-refractivity contribution in [3.8, 4) is 0 Å². The number of aryl methyl sites for hydroxylation is 1. The Labute approximate surface area is 172 Å². The molecule has 158 valence electrons. The Morgan fingerprint density at radius 1 is 0.897 bits per heavy atom. The Morgan fingerprint density at radius 3 is 2.24 bits per heavy atom. The van der Waals surface area contributed by atoms with Gasteiger partial charge in [-0.1, -0.05) is 61.5 Å². The second-order valence-electron chi connectivity index (χ2n) is 8.36. The third kappa shape index (κ3) is 6.60. The third-order valence-electron chi connectivity index (χ3n) is 6.08. The van der Waals surface area contributed by atoms with Crippen molar-refractivity contribution in [2.75, 3.05) is 13.1 Å². The van der Waals surface area contributed by atoms with Gasteiger partial charge < -0.3 is 0 Å². The van der Waals surface area contributed by atoms with Gasteiger partial charge in [-0.05, 0) is 74.2 Å². The van der Waals surface area contributed by atoms with Crippen LogP contribution in [0.25, 0.3) is 0 Å². The highest BCUT2D eigenvalue weighted by Crippen LogP contribution is 2.45. The molecule has 0 aromatic heterocycles. The molecule has 0 heterocycles. The van der Waals surface area contributed by atoms with Crippen molar-refractivity contribution >= 4 is 0 Å². The minimum atomic E-state index is -4.04. The van der Waals surface area contributed by atoms with Crippen LogP contribution in [0.2, 0.25) is 0 Å². The normalized spacial score (nSPS) is 19.8. The van der Waals surface area contributed by atoms with Gasteiger partial charge in [-0.15, -0.1) is 0 Å². The summed E-state index contributed by atoms with van der Waals surface area (Å²) in [5.41, 5.74) is 3.69. The van der Waals surface area contributed by atoms with Gasteiger partial charge in [0.25, 0.3) is 0 Å². The lowest BCUT2D eigenvalue weighted by atomic mass is 9.94. The van der Waals surface area contributed by atoms with Crippen molar-refractivity contribution < 1.29 is 13.2 Å². The van der Waals surface area contributed by atoms with E-state index in [2.05, 4.69) is 48.2 Å². The molecule has 0 amide bonds. The van der Waals surface area contributed by atoms with Crippen molar-refractivity contribution in [2.45, 2.75) is 64.1 Å². The molecule has 0 radical (unpaired) electrons. The second kappa shape index (κ2) is 10.3. The van der Waals surface area contributed by atoms with Gasteiger partial charge in [0.1, 0.15) is 0 Å². The van der Waals surface area contributed by atoms with Crippen LogP contribution in [0.1, 0.15) is 61.6 Å². The smallest absolute Gasteiger partial charge is 0.299 e. The summed E-state index contributed by atoms with van der Waals surface area (Å²) in [7, 11) is 0. The highest BCUT2D eigenvalue weighted by Gasteiger charge is 2.44. The molecule has 1 aliphatic rings. The molecule has 2 aromatic rings. The molecule has 2 unspecified atom stereocenters. The molecule has 0 bridgehead atoms. The van der Waals surface area contributed by atoms with Crippen LogP contribution in [-0.2, 0) is 13.0 Å². The van der Waals surface area contributed by atoms with Crippen molar-refractivity contribution in [2.24, 2.45) is 5.92 Å². The zero-order valence-corrected chi connectivity index (χ0v) is 17.3. The molecule has 0 spiro atoms. The largest absolute Gasteiger partial charge is 0.391 e. The molecule has 4 heteroatoms. The van der Waals surface area contributed by atoms with Gasteiger partial charge in [0.05, 0.1) is 5.92 Å². The van der Waals surface area contributed by atoms with E-state index in [0.717, 1.165) is 44.5 Å². The van der Waals surface area contributed by atoms with Crippen molar-refractivity contribution in [3.63, 3.8) is 0 Å². The number of halogens is 3. The highest BCUT2D eigenvalue weighted by atomic mass is 19.4. The summed E-state index contributed by atoms with van der Waals surface area (Å²) < 4.78 is 38.7. The van der Waals surface area contributed by atoms with Crippen LogP contribution < -0.4 is 0 Å². The number of hydrogen-bond acceptors (Lipinski definition) is 1. The van der Waals surface area contributed by atoms with Crippen molar-refractivity contribution in [3.05, 3.63) is 71.3 Å². The minimum Gasteiger partial charge on any atom is -0.299 e. The van der Waals surface area contributed by atoms with E-state index >= 15 is 0 Å². The molecule has 29 heavy (non-hydrogen) atoms. The van der Waals surface area contributed by atoms with Crippen molar-refractivity contribution in [1.29, 1.82) is 0 Å². The Bertz CT molecular complexity index is 724. The predicted octanol–water partition coefficient (Wildman–Crippen LogP) is 6.98. The lowest BCUT2D eigenvalue weighted by molar-refractivity contribution is -0.172. The van der Waals surface area contributed by atoms with Gasteiger partial charge >= 0.3 is 6.18 Å². The first-order valence-corrected chi connectivity index (χ1v) is 10.9. The van der Waals surface area contributed by atoms with Gasteiger partial charge in [-0.2, -0.15) is 13.2 Å². The van der Waals surface area contributed by atoms with E-state index in [-0.39, 0.29) is 18.8 Å². The Hall–Kier alpha value is -1.81. The molecule has 1 saturated carbocycles. The Balaban J connectivity index is 1.47. The maximum atomic E-state index is 12.9. The molecule has 2 atom stereocenters. The number of nitrogens with zero attached hydrogens (tertiary/aromatic N) is 1. The fraction of sp³-hybridized carbons (Fsp3) is 0.520. The van der Waals surface area contributed by atoms with Crippen LogP contribution >= 0.6 is 0 Å². The highest BCUT2D eigenvalue weighted by molar-refractivity contribution is 5.26. The fourth-order valence-electron chi connectivity index (χ4n) is 4.47. The van der Waals surface area contributed by atoms with Gasteiger partial charge in [-0.25, -0.2) is 0 Å². The predicted molar refractivity (Wildman–Crippen MR) is 113 cm³/mol. The van der Waals surface area contributed by atoms with Crippen LogP contribution in [0.5, 0.6) is 0 Å². The maximum Gasteiger partial charge on any atom is 0.391 e. The first-order valence-electron chi connectivity index (χ1n) is 10.9.